The zero-order valence-electron chi connectivity index (χ0n) is 23.0. The first-order valence-corrected chi connectivity index (χ1v) is 13.8. The average Bonchev–Trinajstić information content (AvgIpc) is 3.41. The van der Waals surface area contributed by atoms with Gasteiger partial charge in [-0.15, -0.1) is 0 Å². The molecule has 2 aliphatic carbocycles. The molecule has 0 saturated heterocycles. The number of aliphatic imine (C=N–C) groups is 1. The molecule has 1 aromatic rings. The number of nitrogens with zero attached hydrogens (tertiary/aromatic N) is 1. The fourth-order valence-electron chi connectivity index (χ4n) is 7.01. The minimum absolute atomic E-state index is 0.00729. The quantitative estimate of drug-likeness (QED) is 0.333. The highest BCUT2D eigenvalue weighted by atomic mass is 16.4. The van der Waals surface area contributed by atoms with Crippen LogP contribution < -0.4 is 0 Å². The van der Waals surface area contributed by atoms with Gasteiger partial charge in [0.05, 0.1) is 11.4 Å². The average molecular weight is 490 g/mol. The van der Waals surface area contributed by atoms with Crippen molar-refractivity contribution in [1.82, 2.24) is 0 Å². The van der Waals surface area contributed by atoms with Gasteiger partial charge in [0.1, 0.15) is 5.76 Å². The van der Waals surface area contributed by atoms with Crippen molar-refractivity contribution in [1.29, 1.82) is 0 Å². The van der Waals surface area contributed by atoms with Gasteiger partial charge in [0, 0.05) is 17.3 Å². The molecule has 1 N–H and O–H groups in total. The second-order valence-corrected chi connectivity index (χ2v) is 12.3. The van der Waals surface area contributed by atoms with E-state index in [-0.39, 0.29) is 22.5 Å². The Labute approximate surface area is 217 Å². The predicted molar refractivity (Wildman–Crippen MR) is 148 cm³/mol. The summed E-state index contributed by atoms with van der Waals surface area (Å²) in [7, 11) is 0. The number of fused-ring (bicyclic) bond motifs is 2. The zero-order valence-corrected chi connectivity index (χ0v) is 23.0. The van der Waals surface area contributed by atoms with Gasteiger partial charge < -0.3 is 9.52 Å². The molecule has 4 rings (SSSR count). The van der Waals surface area contributed by atoms with Crippen LogP contribution in [0.5, 0.6) is 0 Å². The fourth-order valence-corrected chi connectivity index (χ4v) is 7.01. The van der Waals surface area contributed by atoms with E-state index in [1.54, 1.807) is 6.07 Å². The molecule has 1 aliphatic heterocycles. The first-order valence-electron chi connectivity index (χ1n) is 13.8. The van der Waals surface area contributed by atoms with Crippen molar-refractivity contribution in [3.63, 3.8) is 0 Å². The molecular weight excluding hydrogens is 446 g/mol. The highest BCUT2D eigenvalue weighted by Gasteiger charge is 2.51. The van der Waals surface area contributed by atoms with E-state index < -0.39 is 5.97 Å². The van der Waals surface area contributed by atoms with Crippen molar-refractivity contribution in [2.75, 3.05) is 0 Å². The summed E-state index contributed by atoms with van der Waals surface area (Å²) in [5.41, 5.74) is 6.43. The van der Waals surface area contributed by atoms with Crippen LogP contribution in [0.15, 0.2) is 62.2 Å². The number of hydrogen-bond acceptors (Lipinski definition) is 3. The molecule has 2 atom stereocenters. The molecule has 0 spiro atoms. The van der Waals surface area contributed by atoms with Crippen molar-refractivity contribution >= 4 is 17.8 Å². The summed E-state index contributed by atoms with van der Waals surface area (Å²) in [6.07, 6.45) is 18.8. The lowest BCUT2D eigenvalue weighted by Gasteiger charge is -2.49. The number of allylic oxidation sites excluding steroid dienone is 6. The highest BCUT2D eigenvalue weighted by Crippen LogP contribution is 2.58. The van der Waals surface area contributed by atoms with Gasteiger partial charge in [0.15, 0.2) is 0 Å². The molecule has 1 fully saturated rings. The molecule has 3 aliphatic rings. The lowest BCUT2D eigenvalue weighted by molar-refractivity contribution is 0.0662. The van der Waals surface area contributed by atoms with Crippen molar-refractivity contribution in [2.24, 2.45) is 27.7 Å². The molecule has 2 unspecified atom stereocenters. The predicted octanol–water partition coefficient (Wildman–Crippen LogP) is 9.03. The summed E-state index contributed by atoms with van der Waals surface area (Å²) in [5.74, 6) is 0.126. The molecular formula is C32H43NO3. The first kappa shape index (κ1) is 26.4. The van der Waals surface area contributed by atoms with Gasteiger partial charge in [-0.05, 0) is 60.6 Å². The van der Waals surface area contributed by atoms with E-state index in [1.165, 1.54) is 67.0 Å². The van der Waals surface area contributed by atoms with Crippen LogP contribution in [-0.2, 0) is 0 Å². The number of hydrogen-bond donors (Lipinski definition) is 1. The van der Waals surface area contributed by atoms with E-state index in [9.17, 15) is 9.90 Å². The second kappa shape index (κ2) is 10.4. The normalized spacial score (nSPS) is 24.3. The van der Waals surface area contributed by atoms with Gasteiger partial charge in [-0.1, -0.05) is 90.9 Å². The number of carbonyl (C=O) groups is 1. The topological polar surface area (TPSA) is 62.8 Å². The molecule has 0 amide bonds. The molecule has 2 heterocycles. The summed E-state index contributed by atoms with van der Waals surface area (Å²) < 4.78 is 5.60. The smallest absolute Gasteiger partial charge is 0.371 e. The van der Waals surface area contributed by atoms with Crippen LogP contribution in [0.1, 0.15) is 109 Å². The number of aromatic carboxylic acids is 1. The molecule has 1 saturated carbocycles. The van der Waals surface area contributed by atoms with Crippen LogP contribution in [0.2, 0.25) is 0 Å². The Balaban J connectivity index is 1.70. The Bertz CT molecular complexity index is 1150. The van der Waals surface area contributed by atoms with E-state index in [0.29, 0.717) is 11.7 Å². The molecule has 194 valence electrons. The van der Waals surface area contributed by atoms with E-state index in [1.807, 2.05) is 6.08 Å². The van der Waals surface area contributed by atoms with Gasteiger partial charge in [0.2, 0.25) is 5.76 Å². The third-order valence-electron chi connectivity index (χ3n) is 8.16. The van der Waals surface area contributed by atoms with Crippen molar-refractivity contribution in [3.05, 3.63) is 64.3 Å². The summed E-state index contributed by atoms with van der Waals surface area (Å²) in [6, 6.07) is 3.29. The minimum atomic E-state index is -1.04. The van der Waals surface area contributed by atoms with Crippen LogP contribution in [0.3, 0.4) is 0 Å². The summed E-state index contributed by atoms with van der Waals surface area (Å²) in [4.78, 5) is 16.6. The van der Waals surface area contributed by atoms with Crippen molar-refractivity contribution in [3.8, 4) is 0 Å². The Morgan fingerprint density at radius 2 is 1.83 bits per heavy atom. The third kappa shape index (κ3) is 5.23. The van der Waals surface area contributed by atoms with Gasteiger partial charge >= 0.3 is 5.97 Å². The molecule has 1 aromatic heterocycles. The van der Waals surface area contributed by atoms with Crippen LogP contribution in [0.4, 0.5) is 0 Å². The summed E-state index contributed by atoms with van der Waals surface area (Å²) in [5, 5.41) is 9.28. The van der Waals surface area contributed by atoms with E-state index >= 15 is 0 Å². The van der Waals surface area contributed by atoms with E-state index in [2.05, 4.69) is 59.8 Å². The Morgan fingerprint density at radius 1 is 1.11 bits per heavy atom. The monoisotopic (exact) mass is 489 g/mol. The molecule has 0 aromatic carbocycles. The van der Waals surface area contributed by atoms with Crippen LogP contribution >= 0.6 is 0 Å². The molecule has 36 heavy (non-hydrogen) atoms. The lowest BCUT2D eigenvalue weighted by atomic mass is 9.54. The van der Waals surface area contributed by atoms with Gasteiger partial charge in [-0.3, -0.25) is 4.99 Å². The minimum Gasteiger partial charge on any atom is -0.475 e. The Morgan fingerprint density at radius 3 is 2.53 bits per heavy atom. The Kier molecular flexibility index (Phi) is 7.64. The number of unbranched alkanes of at least 4 members (excludes halogenated alkanes) is 5. The number of carboxylic acid groups (broad SMARTS) is 1. The molecule has 0 radical (unpaired) electrons. The van der Waals surface area contributed by atoms with Crippen LogP contribution in [0, 0.1) is 22.7 Å². The fraction of sp³-hybridized carbons (Fsp3) is 0.562. The van der Waals surface area contributed by atoms with Crippen molar-refractivity contribution in [2.45, 2.75) is 92.9 Å². The van der Waals surface area contributed by atoms with Crippen LogP contribution in [0.25, 0.3) is 6.08 Å². The molecule has 4 nitrogen and oxygen atoms in total. The first-order chi connectivity index (χ1) is 17.0. The van der Waals surface area contributed by atoms with Gasteiger partial charge in [-0.25, -0.2) is 4.79 Å². The SMILES string of the molecule is CCCCCCCCC1C=CC=C2N=C3C(=C21)C(C(C)=Cc1ccc(C(=O)O)o1)C(C)(C)CC3(C)C. The third-order valence-corrected chi connectivity index (χ3v) is 8.16. The van der Waals surface area contributed by atoms with E-state index in [4.69, 9.17) is 9.41 Å². The number of rotatable bonds is 10. The highest BCUT2D eigenvalue weighted by molar-refractivity contribution is 6.10. The summed E-state index contributed by atoms with van der Waals surface area (Å²) >= 11 is 0. The zero-order chi connectivity index (χ0) is 26.1. The number of carboxylic acids is 1. The maximum absolute atomic E-state index is 11.3. The lowest BCUT2D eigenvalue weighted by Crippen LogP contribution is -2.44. The largest absolute Gasteiger partial charge is 0.475 e. The maximum atomic E-state index is 11.3. The number of furan rings is 1. The van der Waals surface area contributed by atoms with Crippen molar-refractivity contribution < 1.29 is 14.3 Å². The Hall–Kier alpha value is -2.62. The van der Waals surface area contributed by atoms with E-state index in [0.717, 1.165) is 18.5 Å². The molecule has 4 heteroatoms. The standard InChI is InChI=1S/C32H43NO3/c1-7-8-9-10-11-12-14-22-15-13-16-24-26(22)27-28(31(3,4)20-32(5,6)29(27)33-24)21(2)19-23-17-18-25(36-23)30(34)35/h13,15-19,22,28H,7-12,14,20H2,1-6H3,(H,34,35). The molecule has 0 bridgehead atoms. The maximum Gasteiger partial charge on any atom is 0.371 e. The van der Waals surface area contributed by atoms with Gasteiger partial charge in [-0.2, -0.15) is 0 Å². The second-order valence-electron chi connectivity index (χ2n) is 12.3. The van der Waals surface area contributed by atoms with Crippen LogP contribution in [-0.4, -0.2) is 16.8 Å². The van der Waals surface area contributed by atoms with Gasteiger partial charge in [0.25, 0.3) is 0 Å². The summed E-state index contributed by atoms with van der Waals surface area (Å²) in [6.45, 7) is 13.8.